The molecule has 0 saturated heterocycles. The number of anilines is 26. The molecule has 9 heterocycles. The Bertz CT molecular complexity index is 8180. The van der Waals surface area contributed by atoms with Gasteiger partial charge in [0.15, 0.2) is 0 Å². The Kier molecular flexibility index (Phi) is 17.8. The standard InChI is InChI=1S/C123H104B3N9Si3/c1-74-58-77(4)121(78(5)59-74)133-104-72-94-90(124-88-42-22-24-44-96(88)128(83-38-18-16-19-39-83)107-65-85(64-95(127-94)118(107)124)130-98-46-26-32-52-112(98)136(10,11)113-53-33-27-47-99(113)130)70-91(104)126-93-71-92-105(73-106(93)135(123-81(8)62-76(3)63-82(123)9)111-69-87(68-110(133)120(111)126)132-102-50-30-36-56-116(102)138(14,15)117-57-37-31-51-103(117)132)134(122-79(6)60-75(2)61-80(122)7)109-67-86(131-100-48-28-34-54-114(100)137(12,13)115-55-35-29-49-101(115)131)66-108-119(109)125(92)89-43-23-25-45-97(89)129(108)84-40-20-17-21-41-84/h16-73,127H,1-15H3. The SMILES string of the molecule is Cc1cc(C)c(N2c3cc4c(cc3B3c5ccccc5N(c5ccccc5)c5cc(N6c7ccccc7[Si](C)(C)c7ccccc76)cc2c53)B2c3cc5c(cc3N(c3c(C)cc(C)cc3C)c3cc(N6c7ccccc7[Si](C)(C)c7ccccc76)cc(c32)N4c2c(C)cc(C)cc2C)Nc2cc(N3c4ccccc4[Si](C)(C)c4ccccc43)cc3c2B5c2ccccc2N3c2ccccc2)c(C)c1. The monoisotopic (exact) mass is 1820 g/mol. The van der Waals surface area contributed by atoms with E-state index in [0.717, 1.165) is 85.3 Å². The Labute approximate surface area is 814 Å². The first kappa shape index (κ1) is 82.5. The van der Waals surface area contributed by atoms with Crippen molar-refractivity contribution in [3.05, 3.63) is 402 Å². The van der Waals surface area contributed by atoms with Crippen molar-refractivity contribution in [2.45, 2.75) is 102 Å². The van der Waals surface area contributed by atoms with Gasteiger partial charge in [-0.1, -0.05) is 286 Å². The average molecular weight is 1820 g/mol. The van der Waals surface area contributed by atoms with Crippen LogP contribution in [0.25, 0.3) is 0 Å². The highest BCUT2D eigenvalue weighted by atomic mass is 28.3. The van der Waals surface area contributed by atoms with Gasteiger partial charge in [0.2, 0.25) is 0 Å². The van der Waals surface area contributed by atoms with Crippen molar-refractivity contribution in [2.24, 2.45) is 0 Å². The summed E-state index contributed by atoms with van der Waals surface area (Å²) in [5, 5.41) is 13.1. The third kappa shape index (κ3) is 11.5. The maximum atomic E-state index is 4.50. The van der Waals surface area contributed by atoms with Gasteiger partial charge in [0.25, 0.3) is 20.1 Å². The maximum absolute atomic E-state index is 4.50. The number of benzene rings is 18. The van der Waals surface area contributed by atoms with Crippen LogP contribution in [0.1, 0.15) is 50.1 Å². The molecular formula is C123H104B3N9Si3. The number of hydrogen-bond acceptors (Lipinski definition) is 9. The molecule has 0 aromatic heterocycles. The van der Waals surface area contributed by atoms with E-state index >= 15 is 0 Å². The lowest BCUT2D eigenvalue weighted by molar-refractivity contribution is 1.17. The second-order valence-electron chi connectivity index (χ2n) is 41.8. The van der Waals surface area contributed by atoms with Gasteiger partial charge in [0.1, 0.15) is 24.2 Å². The normalized spacial score (nSPS) is 15.3. The summed E-state index contributed by atoms with van der Waals surface area (Å²) >= 11 is 0. The number of aryl methyl sites for hydroxylation is 9. The molecule has 9 aliphatic rings. The third-order valence-electron chi connectivity index (χ3n) is 32.3. The lowest BCUT2D eigenvalue weighted by Gasteiger charge is -2.49. The smallest absolute Gasteiger partial charge is 0.252 e. The molecule has 18 aromatic rings. The summed E-state index contributed by atoms with van der Waals surface area (Å²) in [5.41, 5.74) is 52.6. The molecule has 0 fully saturated rings. The Hall–Kier alpha value is -15.0. The lowest BCUT2D eigenvalue weighted by Crippen LogP contribution is -2.66. The first-order valence-corrected chi connectivity index (χ1v) is 58.1. The maximum Gasteiger partial charge on any atom is 0.252 e. The summed E-state index contributed by atoms with van der Waals surface area (Å²) in [5.74, 6) is 0. The first-order valence-electron chi connectivity index (χ1n) is 49.1. The molecule has 1 N–H and O–H groups in total. The van der Waals surface area contributed by atoms with Crippen LogP contribution in [0.4, 0.5) is 148 Å². The van der Waals surface area contributed by atoms with Crippen LogP contribution < -0.4 is 125 Å². The van der Waals surface area contributed by atoms with E-state index in [0.29, 0.717) is 0 Å². The fourth-order valence-electron chi connectivity index (χ4n) is 27.0. The van der Waals surface area contributed by atoms with Gasteiger partial charge in [0, 0.05) is 114 Å². The van der Waals surface area contributed by atoms with E-state index in [4.69, 9.17) is 0 Å². The van der Waals surface area contributed by atoms with Crippen LogP contribution in [-0.4, -0.2) is 44.4 Å². The van der Waals surface area contributed by atoms with Gasteiger partial charge in [-0.05, 0) is 297 Å². The molecule has 18 aromatic carbocycles. The fraction of sp³-hybridized carbons (Fsp3) is 0.122. The highest BCUT2D eigenvalue weighted by Crippen LogP contribution is 2.57. The van der Waals surface area contributed by atoms with Crippen LogP contribution in [-0.2, 0) is 0 Å². The van der Waals surface area contributed by atoms with Crippen LogP contribution in [0, 0.1) is 62.3 Å². The quantitative estimate of drug-likeness (QED) is 0.150. The van der Waals surface area contributed by atoms with E-state index in [9.17, 15) is 0 Å². The zero-order chi connectivity index (χ0) is 93.4. The average Bonchev–Trinajstić information content (AvgIpc) is 0.669. The molecule has 9 nitrogen and oxygen atoms in total. The summed E-state index contributed by atoms with van der Waals surface area (Å²) in [7, 11) is -6.80. The van der Waals surface area contributed by atoms with Crippen LogP contribution in [0.15, 0.2) is 352 Å². The Balaban J connectivity index is 0.793. The van der Waals surface area contributed by atoms with Gasteiger partial charge >= 0.3 is 0 Å². The molecule has 0 atom stereocenters. The topological polar surface area (TPSA) is 38.0 Å². The summed E-state index contributed by atoms with van der Waals surface area (Å²) < 4.78 is 0. The van der Waals surface area contributed by atoms with Gasteiger partial charge in [-0.25, -0.2) is 0 Å². The highest BCUT2D eigenvalue weighted by Gasteiger charge is 2.54. The molecule has 0 unspecified atom stereocenters. The number of rotatable bonds is 8. The summed E-state index contributed by atoms with van der Waals surface area (Å²) in [6.45, 7) is 35.5. The van der Waals surface area contributed by atoms with Crippen molar-refractivity contribution in [1.82, 2.24) is 0 Å². The molecule has 0 spiro atoms. The van der Waals surface area contributed by atoms with Crippen molar-refractivity contribution < 1.29 is 0 Å². The largest absolute Gasteiger partial charge is 0.356 e. The van der Waals surface area contributed by atoms with Crippen molar-refractivity contribution in [2.75, 3.05) is 44.5 Å². The molecule has 138 heavy (non-hydrogen) atoms. The minimum absolute atomic E-state index is 0.220. The van der Waals surface area contributed by atoms with E-state index in [2.05, 4.69) is 498 Å². The van der Waals surface area contributed by atoms with Crippen molar-refractivity contribution in [3.63, 3.8) is 0 Å². The van der Waals surface area contributed by atoms with Crippen LogP contribution in [0.3, 0.4) is 0 Å². The van der Waals surface area contributed by atoms with E-state index in [-0.39, 0.29) is 20.1 Å². The molecular weight excluding hydrogens is 1720 g/mol. The van der Waals surface area contributed by atoms with Crippen LogP contribution in [0.2, 0.25) is 39.3 Å². The van der Waals surface area contributed by atoms with Crippen LogP contribution in [0.5, 0.6) is 0 Å². The third-order valence-corrected chi connectivity index (χ3v) is 43.0. The number of hydrogen-bond donors (Lipinski definition) is 1. The number of nitrogens with zero attached hydrogens (tertiary/aromatic N) is 8. The van der Waals surface area contributed by atoms with Gasteiger partial charge in [-0.2, -0.15) is 0 Å². The molecule has 15 heteroatoms. The molecule has 662 valence electrons. The minimum Gasteiger partial charge on any atom is -0.356 e. The number of fused-ring (bicyclic) bond motifs is 18. The van der Waals surface area contributed by atoms with Gasteiger partial charge < -0.3 is 44.5 Å². The number of para-hydroxylation sites is 10. The fourth-order valence-corrected chi connectivity index (χ4v) is 35.9. The summed E-state index contributed by atoms with van der Waals surface area (Å²) in [6, 6.07) is 138. The minimum atomic E-state index is -2.34. The molecule has 27 rings (SSSR count). The summed E-state index contributed by atoms with van der Waals surface area (Å²) in [4.78, 5) is 21.4. The molecule has 9 aliphatic heterocycles. The zero-order valence-corrected chi connectivity index (χ0v) is 83.8. The molecule has 0 amide bonds. The van der Waals surface area contributed by atoms with Gasteiger partial charge in [0.05, 0.1) is 34.1 Å². The molecule has 0 saturated carbocycles. The molecule has 0 aliphatic carbocycles. The second kappa shape index (κ2) is 29.8. The van der Waals surface area contributed by atoms with E-state index < -0.39 is 24.2 Å². The molecule has 0 radical (unpaired) electrons. The van der Waals surface area contributed by atoms with E-state index in [1.165, 1.54) is 193 Å². The van der Waals surface area contributed by atoms with Crippen molar-refractivity contribution in [3.8, 4) is 0 Å². The second-order valence-corrected chi connectivity index (χ2v) is 54.8. The van der Waals surface area contributed by atoms with Crippen molar-refractivity contribution >= 4 is 273 Å². The lowest BCUT2D eigenvalue weighted by atomic mass is 9.29. The van der Waals surface area contributed by atoms with Gasteiger partial charge in [-0.15, -0.1) is 0 Å². The Morgan fingerprint density at radius 1 is 0.181 bits per heavy atom. The van der Waals surface area contributed by atoms with E-state index in [1.54, 1.807) is 0 Å². The zero-order valence-electron chi connectivity index (χ0n) is 80.8. The molecule has 0 bridgehead atoms. The van der Waals surface area contributed by atoms with Gasteiger partial charge in [-0.3, -0.25) is 0 Å². The Morgan fingerprint density at radius 2 is 0.428 bits per heavy atom. The summed E-state index contributed by atoms with van der Waals surface area (Å²) in [6.07, 6.45) is 0. The Morgan fingerprint density at radius 3 is 0.761 bits per heavy atom. The highest BCUT2D eigenvalue weighted by molar-refractivity contribution is 7.06. The van der Waals surface area contributed by atoms with E-state index in [1.807, 2.05) is 0 Å². The first-order chi connectivity index (χ1) is 67.0. The van der Waals surface area contributed by atoms with Crippen LogP contribution >= 0.6 is 0 Å². The number of nitrogens with one attached hydrogen (secondary N) is 1. The van der Waals surface area contributed by atoms with Crippen molar-refractivity contribution in [1.29, 1.82) is 0 Å². The predicted octanol–water partition coefficient (Wildman–Crippen LogP) is 22.8. The predicted molar refractivity (Wildman–Crippen MR) is 600 cm³/mol.